The Hall–Kier alpha value is -1.42. The quantitative estimate of drug-likeness (QED) is 0.847. The van der Waals surface area contributed by atoms with Crippen LogP contribution in [0.4, 0.5) is 0 Å². The lowest BCUT2D eigenvalue weighted by molar-refractivity contribution is 0.132. The molecule has 3 rings (SSSR count). The summed E-state index contributed by atoms with van der Waals surface area (Å²) in [7, 11) is -3.44. The molecule has 1 saturated carbocycles. The molecule has 5 nitrogen and oxygen atoms in total. The van der Waals surface area contributed by atoms with Gasteiger partial charge in [0, 0.05) is 31.7 Å². The van der Waals surface area contributed by atoms with E-state index in [1.165, 1.54) is 25.0 Å². The lowest BCUT2D eigenvalue weighted by Crippen LogP contribution is -2.52. The smallest absolute Gasteiger partial charge is 0.243 e. The van der Waals surface area contributed by atoms with Gasteiger partial charge in [-0.3, -0.25) is 4.90 Å². The molecule has 2 aliphatic rings. The standard InChI is InChI=1S/C15H19N3O2S/c1-15(6-7-15)17-8-10-18(11-9-17)21(19,20)14-4-2-13(12-16)3-5-14/h2-5H,6-11H2,1H3. The van der Waals surface area contributed by atoms with Crippen molar-refractivity contribution in [1.82, 2.24) is 9.21 Å². The summed E-state index contributed by atoms with van der Waals surface area (Å²) in [6, 6.07) is 8.13. The molecule has 2 fully saturated rings. The largest absolute Gasteiger partial charge is 0.295 e. The molecule has 0 N–H and O–H groups in total. The predicted octanol–water partition coefficient (Wildman–Crippen LogP) is 1.42. The summed E-state index contributed by atoms with van der Waals surface area (Å²) in [5.41, 5.74) is 0.782. The summed E-state index contributed by atoms with van der Waals surface area (Å²) in [6.45, 7) is 4.92. The van der Waals surface area contributed by atoms with Crippen molar-refractivity contribution in [3.8, 4) is 6.07 Å². The van der Waals surface area contributed by atoms with E-state index < -0.39 is 10.0 Å². The maximum Gasteiger partial charge on any atom is 0.243 e. The maximum atomic E-state index is 12.6. The second kappa shape index (κ2) is 5.09. The third kappa shape index (κ3) is 2.69. The minimum atomic E-state index is -3.44. The predicted molar refractivity (Wildman–Crippen MR) is 79.1 cm³/mol. The topological polar surface area (TPSA) is 64.4 Å². The van der Waals surface area contributed by atoms with Gasteiger partial charge in [-0.2, -0.15) is 9.57 Å². The number of piperazine rings is 1. The summed E-state index contributed by atoms with van der Waals surface area (Å²) >= 11 is 0. The van der Waals surface area contributed by atoms with Crippen LogP contribution in [0.3, 0.4) is 0 Å². The van der Waals surface area contributed by atoms with Crippen LogP contribution < -0.4 is 0 Å². The fourth-order valence-corrected chi connectivity index (χ4v) is 4.24. The van der Waals surface area contributed by atoms with Gasteiger partial charge in [0.25, 0.3) is 0 Å². The van der Waals surface area contributed by atoms with Crippen LogP contribution in [-0.4, -0.2) is 49.3 Å². The molecule has 1 aromatic carbocycles. The fraction of sp³-hybridized carbons (Fsp3) is 0.533. The Labute approximate surface area is 125 Å². The highest BCUT2D eigenvalue weighted by Crippen LogP contribution is 2.41. The lowest BCUT2D eigenvalue weighted by Gasteiger charge is -2.37. The van der Waals surface area contributed by atoms with Crippen LogP contribution in [0.25, 0.3) is 0 Å². The summed E-state index contributed by atoms with van der Waals surface area (Å²) in [5.74, 6) is 0. The second-order valence-electron chi connectivity index (χ2n) is 6.02. The van der Waals surface area contributed by atoms with Crippen molar-refractivity contribution in [2.75, 3.05) is 26.2 Å². The van der Waals surface area contributed by atoms with Gasteiger partial charge in [0.05, 0.1) is 16.5 Å². The minimum absolute atomic E-state index is 0.271. The van der Waals surface area contributed by atoms with E-state index in [0.717, 1.165) is 13.1 Å². The first-order chi connectivity index (χ1) is 9.95. The Morgan fingerprint density at radius 1 is 1.10 bits per heavy atom. The molecular weight excluding hydrogens is 286 g/mol. The van der Waals surface area contributed by atoms with Gasteiger partial charge in [-0.15, -0.1) is 0 Å². The van der Waals surface area contributed by atoms with Gasteiger partial charge in [-0.05, 0) is 44.0 Å². The van der Waals surface area contributed by atoms with Crippen molar-refractivity contribution in [3.63, 3.8) is 0 Å². The fourth-order valence-electron chi connectivity index (χ4n) is 2.82. The molecule has 1 aliphatic heterocycles. The van der Waals surface area contributed by atoms with E-state index in [2.05, 4.69) is 11.8 Å². The maximum absolute atomic E-state index is 12.6. The van der Waals surface area contributed by atoms with E-state index >= 15 is 0 Å². The van der Waals surface area contributed by atoms with Gasteiger partial charge in [0.2, 0.25) is 10.0 Å². The average Bonchev–Trinajstić information content (AvgIpc) is 3.26. The molecule has 0 bridgehead atoms. The summed E-state index contributed by atoms with van der Waals surface area (Å²) in [6.07, 6.45) is 2.44. The van der Waals surface area contributed by atoms with Crippen LogP contribution in [-0.2, 0) is 10.0 Å². The van der Waals surface area contributed by atoms with Gasteiger partial charge >= 0.3 is 0 Å². The highest BCUT2D eigenvalue weighted by atomic mass is 32.2. The normalized spacial score (nSPS) is 22.7. The van der Waals surface area contributed by atoms with Crippen molar-refractivity contribution in [2.45, 2.75) is 30.2 Å². The van der Waals surface area contributed by atoms with Gasteiger partial charge < -0.3 is 0 Å². The highest BCUT2D eigenvalue weighted by Gasteiger charge is 2.44. The van der Waals surface area contributed by atoms with Crippen molar-refractivity contribution in [2.24, 2.45) is 0 Å². The molecule has 0 aromatic heterocycles. The van der Waals surface area contributed by atoms with E-state index in [4.69, 9.17) is 5.26 Å². The lowest BCUT2D eigenvalue weighted by atomic mass is 10.2. The summed E-state index contributed by atoms with van der Waals surface area (Å²) < 4.78 is 26.7. The van der Waals surface area contributed by atoms with E-state index in [1.54, 1.807) is 16.4 Å². The third-order valence-corrected chi connectivity index (χ3v) is 6.51. The molecule has 6 heteroatoms. The van der Waals surface area contributed by atoms with E-state index in [9.17, 15) is 8.42 Å². The summed E-state index contributed by atoms with van der Waals surface area (Å²) in [4.78, 5) is 2.67. The Morgan fingerprint density at radius 3 is 2.14 bits per heavy atom. The molecule has 1 aromatic rings. The molecule has 112 valence electrons. The van der Waals surface area contributed by atoms with Crippen LogP contribution in [0.2, 0.25) is 0 Å². The summed E-state index contributed by atoms with van der Waals surface area (Å²) in [5, 5.41) is 8.78. The Bertz CT molecular complexity index is 664. The molecule has 1 heterocycles. The van der Waals surface area contributed by atoms with Crippen LogP contribution in [0.15, 0.2) is 29.2 Å². The van der Waals surface area contributed by atoms with Gasteiger partial charge in [0.15, 0.2) is 0 Å². The first-order valence-electron chi connectivity index (χ1n) is 7.21. The van der Waals surface area contributed by atoms with Crippen molar-refractivity contribution in [3.05, 3.63) is 29.8 Å². The van der Waals surface area contributed by atoms with Crippen LogP contribution in [0.5, 0.6) is 0 Å². The molecule has 0 spiro atoms. The van der Waals surface area contributed by atoms with Crippen molar-refractivity contribution >= 4 is 10.0 Å². The van der Waals surface area contributed by atoms with Gasteiger partial charge in [-0.1, -0.05) is 0 Å². The third-order valence-electron chi connectivity index (χ3n) is 4.60. The zero-order valence-electron chi connectivity index (χ0n) is 12.1. The zero-order chi connectivity index (χ0) is 15.1. The zero-order valence-corrected chi connectivity index (χ0v) is 12.9. The first-order valence-corrected chi connectivity index (χ1v) is 8.65. The van der Waals surface area contributed by atoms with Gasteiger partial charge in [0.1, 0.15) is 0 Å². The van der Waals surface area contributed by atoms with Crippen LogP contribution in [0.1, 0.15) is 25.3 Å². The number of nitrogens with zero attached hydrogens (tertiary/aromatic N) is 3. The number of benzene rings is 1. The van der Waals surface area contributed by atoms with E-state index in [-0.39, 0.29) is 4.90 Å². The average molecular weight is 305 g/mol. The molecular formula is C15H19N3O2S. The Kier molecular flexibility index (Phi) is 3.52. The monoisotopic (exact) mass is 305 g/mol. The number of hydrogen-bond donors (Lipinski definition) is 0. The number of nitriles is 1. The van der Waals surface area contributed by atoms with Crippen molar-refractivity contribution < 1.29 is 8.42 Å². The Balaban J connectivity index is 1.72. The molecule has 1 saturated heterocycles. The minimum Gasteiger partial charge on any atom is -0.295 e. The molecule has 21 heavy (non-hydrogen) atoms. The number of sulfonamides is 1. The molecule has 0 unspecified atom stereocenters. The Morgan fingerprint density at radius 2 is 1.67 bits per heavy atom. The van der Waals surface area contributed by atoms with Crippen molar-refractivity contribution in [1.29, 1.82) is 5.26 Å². The van der Waals surface area contributed by atoms with E-state index in [0.29, 0.717) is 24.2 Å². The van der Waals surface area contributed by atoms with Crippen LogP contribution in [0, 0.1) is 11.3 Å². The number of hydrogen-bond acceptors (Lipinski definition) is 4. The highest BCUT2D eigenvalue weighted by molar-refractivity contribution is 7.89. The van der Waals surface area contributed by atoms with Gasteiger partial charge in [-0.25, -0.2) is 8.42 Å². The molecule has 0 radical (unpaired) electrons. The molecule has 0 amide bonds. The molecule has 1 aliphatic carbocycles. The first kappa shape index (κ1) is 14.5. The second-order valence-corrected chi connectivity index (χ2v) is 7.96. The SMILES string of the molecule is CC1(N2CCN(S(=O)(=O)c3ccc(C#N)cc3)CC2)CC1. The van der Waals surface area contributed by atoms with E-state index in [1.807, 2.05) is 6.07 Å². The number of rotatable bonds is 3. The van der Waals surface area contributed by atoms with Crippen LogP contribution >= 0.6 is 0 Å². The molecule has 0 atom stereocenters.